The number of aromatic amines is 1. The molecule has 0 bridgehead atoms. The number of aromatic hydroxyl groups is 2. The Kier molecular flexibility index (Phi) is 4.30. The van der Waals surface area contributed by atoms with Crippen molar-refractivity contribution in [3.8, 4) is 11.8 Å². The zero-order valence-electron chi connectivity index (χ0n) is 11.2. The predicted octanol–water partition coefficient (Wildman–Crippen LogP) is -0.676. The number of hydrogen-bond donors (Lipinski definition) is 3. The van der Waals surface area contributed by atoms with E-state index in [4.69, 9.17) is 0 Å². The largest absolute Gasteiger partial charge is 0.492 e. The van der Waals surface area contributed by atoms with Crippen molar-refractivity contribution in [2.24, 2.45) is 0 Å². The van der Waals surface area contributed by atoms with Crippen LogP contribution in [0, 0.1) is 5.82 Å². The van der Waals surface area contributed by atoms with Gasteiger partial charge in [0.15, 0.2) is 0 Å². The van der Waals surface area contributed by atoms with Crippen molar-refractivity contribution in [3.05, 3.63) is 45.0 Å². The molecule has 0 radical (unpaired) electrons. The second-order valence-electron chi connectivity index (χ2n) is 4.34. The molecule has 0 aliphatic heterocycles. The molecule has 0 aliphatic rings. The van der Waals surface area contributed by atoms with Crippen LogP contribution in [-0.4, -0.2) is 30.5 Å². The van der Waals surface area contributed by atoms with Gasteiger partial charge in [0.25, 0.3) is 5.56 Å². The highest BCUT2D eigenvalue weighted by Crippen LogP contribution is 2.18. The van der Waals surface area contributed by atoms with Crippen LogP contribution in [0.25, 0.3) is 0 Å². The molecule has 2 rings (SSSR count). The molecule has 0 spiro atoms. The van der Waals surface area contributed by atoms with E-state index in [-0.39, 0.29) is 19.4 Å². The minimum absolute atomic E-state index is 0.0225. The monoisotopic (exact) mass is 313 g/mol. The van der Waals surface area contributed by atoms with Crippen LogP contribution in [0.3, 0.4) is 0 Å². The first-order chi connectivity index (χ1) is 10.4. The third-order valence-corrected chi connectivity index (χ3v) is 2.74. The molecule has 2 heterocycles. The van der Waals surface area contributed by atoms with E-state index in [1.54, 1.807) is 4.98 Å². The second kappa shape index (κ2) is 6.16. The van der Waals surface area contributed by atoms with Crippen LogP contribution in [0.5, 0.6) is 11.8 Å². The highest BCUT2D eigenvalue weighted by Gasteiger charge is 2.12. The summed E-state index contributed by atoms with van der Waals surface area (Å²) < 4.78 is 14.5. The Hall–Kier alpha value is -3.04. The van der Waals surface area contributed by atoms with Gasteiger partial charge in [-0.25, -0.2) is 9.59 Å². The van der Waals surface area contributed by atoms with Crippen LogP contribution < -0.4 is 16.1 Å². The van der Waals surface area contributed by atoms with E-state index >= 15 is 0 Å². The highest BCUT2D eigenvalue weighted by atomic mass is 19.1. The minimum Gasteiger partial charge on any atom is -0.492 e. The summed E-state index contributed by atoms with van der Waals surface area (Å²) in [6.07, 6.45) is 0.702. The molecule has 22 heavy (non-hydrogen) atoms. The second-order valence-corrected chi connectivity index (χ2v) is 4.34. The SMILES string of the molecule is O=C(CCCn1cc(F)c(=O)[nH]c1=O)On1c(O)ccc1O. The average molecular weight is 313 g/mol. The van der Waals surface area contributed by atoms with Gasteiger partial charge in [0.05, 0.1) is 6.20 Å². The van der Waals surface area contributed by atoms with Gasteiger partial charge in [0, 0.05) is 25.1 Å². The average Bonchev–Trinajstić information content (AvgIpc) is 2.76. The molecule has 0 amide bonds. The molecule has 118 valence electrons. The minimum atomic E-state index is -1.11. The van der Waals surface area contributed by atoms with Crippen LogP contribution in [0.4, 0.5) is 4.39 Å². The number of carbonyl (C=O) groups is 1. The van der Waals surface area contributed by atoms with Crippen LogP contribution in [-0.2, 0) is 11.3 Å². The first-order valence-electron chi connectivity index (χ1n) is 6.18. The summed E-state index contributed by atoms with van der Waals surface area (Å²) in [5.74, 6) is -2.79. The maximum Gasteiger partial charge on any atom is 0.333 e. The molecule has 2 aromatic heterocycles. The lowest BCUT2D eigenvalue weighted by Crippen LogP contribution is -2.31. The third kappa shape index (κ3) is 3.34. The fourth-order valence-electron chi connectivity index (χ4n) is 1.69. The van der Waals surface area contributed by atoms with E-state index < -0.39 is 34.8 Å². The van der Waals surface area contributed by atoms with E-state index in [2.05, 4.69) is 4.84 Å². The van der Waals surface area contributed by atoms with E-state index in [1.165, 1.54) is 0 Å². The normalized spacial score (nSPS) is 10.6. The number of rotatable bonds is 5. The fourth-order valence-corrected chi connectivity index (χ4v) is 1.69. The summed E-state index contributed by atoms with van der Waals surface area (Å²) in [4.78, 5) is 40.2. The summed E-state index contributed by atoms with van der Waals surface area (Å²) in [6.45, 7) is -0.0225. The van der Waals surface area contributed by atoms with Crippen LogP contribution >= 0.6 is 0 Å². The Morgan fingerprint density at radius 2 is 1.91 bits per heavy atom. The van der Waals surface area contributed by atoms with Crippen molar-refractivity contribution in [3.63, 3.8) is 0 Å². The maximum atomic E-state index is 13.0. The Bertz CT molecular complexity index is 786. The van der Waals surface area contributed by atoms with Crippen molar-refractivity contribution in [1.29, 1.82) is 0 Å². The van der Waals surface area contributed by atoms with Gasteiger partial charge >= 0.3 is 11.7 Å². The van der Waals surface area contributed by atoms with Gasteiger partial charge in [-0.3, -0.25) is 14.3 Å². The number of carbonyl (C=O) groups excluding carboxylic acids is 1. The zero-order chi connectivity index (χ0) is 16.3. The quantitative estimate of drug-likeness (QED) is 0.671. The van der Waals surface area contributed by atoms with Crippen molar-refractivity contribution >= 4 is 5.97 Å². The first kappa shape index (κ1) is 15.4. The fraction of sp³-hybridized carbons (Fsp3) is 0.250. The standard InChI is InChI=1S/C12H12FN3O6/c13-7-6-15(12(21)14-11(7)20)5-1-2-10(19)22-16-8(17)3-4-9(16)18/h3-4,6,17-18H,1-2,5H2,(H,14,20,21). The Morgan fingerprint density at radius 1 is 1.27 bits per heavy atom. The van der Waals surface area contributed by atoms with E-state index in [0.717, 1.165) is 22.9 Å². The van der Waals surface area contributed by atoms with Gasteiger partial charge in [-0.1, -0.05) is 0 Å². The summed E-state index contributed by atoms with van der Waals surface area (Å²) in [6, 6.07) is 2.26. The number of H-pyrrole nitrogens is 1. The van der Waals surface area contributed by atoms with Crippen molar-refractivity contribution in [2.45, 2.75) is 19.4 Å². The predicted molar refractivity (Wildman–Crippen MR) is 69.9 cm³/mol. The van der Waals surface area contributed by atoms with Crippen molar-refractivity contribution in [2.75, 3.05) is 0 Å². The molecular formula is C12H12FN3O6. The molecule has 10 heteroatoms. The van der Waals surface area contributed by atoms with Crippen LogP contribution in [0.2, 0.25) is 0 Å². The molecule has 2 aromatic rings. The Balaban J connectivity index is 1.92. The molecule has 0 saturated heterocycles. The van der Waals surface area contributed by atoms with Gasteiger partial charge in [0.2, 0.25) is 17.6 Å². The molecule has 0 fully saturated rings. The van der Waals surface area contributed by atoms with Gasteiger partial charge in [-0.05, 0) is 6.42 Å². The lowest BCUT2D eigenvalue weighted by Gasteiger charge is -2.07. The zero-order valence-corrected chi connectivity index (χ0v) is 11.2. The summed E-state index contributed by atoms with van der Waals surface area (Å²) in [5.41, 5.74) is -1.90. The van der Waals surface area contributed by atoms with Gasteiger partial charge in [-0.15, -0.1) is 4.73 Å². The number of nitrogens with zero attached hydrogens (tertiary/aromatic N) is 2. The molecular weight excluding hydrogens is 301 g/mol. The van der Waals surface area contributed by atoms with Crippen molar-refractivity contribution in [1.82, 2.24) is 14.3 Å². The first-order valence-corrected chi connectivity index (χ1v) is 6.18. The van der Waals surface area contributed by atoms with E-state index in [0.29, 0.717) is 4.73 Å². The topological polar surface area (TPSA) is 127 Å². The number of aryl methyl sites for hydroxylation is 1. The third-order valence-electron chi connectivity index (χ3n) is 2.74. The number of aromatic nitrogens is 3. The Morgan fingerprint density at radius 3 is 2.55 bits per heavy atom. The molecule has 0 unspecified atom stereocenters. The van der Waals surface area contributed by atoms with Crippen LogP contribution in [0.15, 0.2) is 27.9 Å². The number of nitrogens with one attached hydrogen (secondary N) is 1. The molecule has 3 N–H and O–H groups in total. The number of hydrogen-bond acceptors (Lipinski definition) is 6. The van der Waals surface area contributed by atoms with Gasteiger partial charge < -0.3 is 15.1 Å². The summed E-state index contributed by atoms with van der Waals surface area (Å²) >= 11 is 0. The van der Waals surface area contributed by atoms with Crippen molar-refractivity contribution < 1.29 is 24.2 Å². The van der Waals surface area contributed by atoms with Crippen LogP contribution in [0.1, 0.15) is 12.8 Å². The lowest BCUT2D eigenvalue weighted by molar-refractivity contribution is -0.145. The molecule has 9 nitrogen and oxygen atoms in total. The highest BCUT2D eigenvalue weighted by molar-refractivity contribution is 5.69. The summed E-state index contributed by atoms with van der Waals surface area (Å²) in [5, 5.41) is 18.6. The van der Waals surface area contributed by atoms with E-state index in [1.807, 2.05) is 0 Å². The van der Waals surface area contributed by atoms with E-state index in [9.17, 15) is 29.0 Å². The molecule has 0 atom stereocenters. The summed E-state index contributed by atoms with van der Waals surface area (Å²) in [7, 11) is 0. The molecule has 0 aliphatic carbocycles. The smallest absolute Gasteiger partial charge is 0.333 e. The molecule has 0 aromatic carbocycles. The molecule has 0 saturated carbocycles. The lowest BCUT2D eigenvalue weighted by atomic mass is 10.3. The maximum absolute atomic E-state index is 13.0. The van der Waals surface area contributed by atoms with Gasteiger partial charge in [-0.2, -0.15) is 4.39 Å². The Labute approximate surface area is 121 Å². The van der Waals surface area contributed by atoms with Gasteiger partial charge in [0.1, 0.15) is 0 Å². The number of halogens is 1.